The molecule has 0 radical (unpaired) electrons. The molecule has 1 atom stereocenters. The predicted molar refractivity (Wildman–Crippen MR) is 125 cm³/mol. The number of benzene rings is 2. The maximum Gasteiger partial charge on any atom is 0.291 e. The molecule has 0 fully saturated rings. The van der Waals surface area contributed by atoms with Crippen LogP contribution in [0.15, 0.2) is 54.9 Å². The van der Waals surface area contributed by atoms with Crippen LogP contribution in [0.3, 0.4) is 0 Å². The monoisotopic (exact) mass is 459 g/mol. The Morgan fingerprint density at radius 3 is 2.76 bits per heavy atom. The molecule has 174 valence electrons. The first kappa shape index (κ1) is 23.0. The zero-order chi connectivity index (χ0) is 24.3. The van der Waals surface area contributed by atoms with E-state index in [9.17, 15) is 14.7 Å². The number of hydrogen-bond acceptors (Lipinski definition) is 6. The van der Waals surface area contributed by atoms with Crippen LogP contribution in [-0.2, 0) is 11.3 Å². The summed E-state index contributed by atoms with van der Waals surface area (Å²) in [5.74, 6) is 5.18. The number of aliphatic hydroxyl groups is 1. The second-order valence-electron chi connectivity index (χ2n) is 8.48. The average Bonchev–Trinajstić information content (AvgIpc) is 3.24. The van der Waals surface area contributed by atoms with Gasteiger partial charge in [0, 0.05) is 12.6 Å². The van der Waals surface area contributed by atoms with Crippen molar-refractivity contribution < 1.29 is 19.4 Å². The molecule has 2 N–H and O–H groups in total. The van der Waals surface area contributed by atoms with Gasteiger partial charge in [-0.25, -0.2) is 9.67 Å². The molecule has 9 nitrogen and oxygen atoms in total. The fourth-order valence-electron chi connectivity index (χ4n) is 3.38. The largest absolute Gasteiger partial charge is 0.489 e. The van der Waals surface area contributed by atoms with Gasteiger partial charge in [0.2, 0.25) is 5.82 Å². The van der Waals surface area contributed by atoms with Gasteiger partial charge in [-0.05, 0) is 37.6 Å². The van der Waals surface area contributed by atoms with E-state index in [2.05, 4.69) is 27.2 Å². The van der Waals surface area contributed by atoms with Gasteiger partial charge in [0.1, 0.15) is 30.3 Å². The third-order valence-corrected chi connectivity index (χ3v) is 5.10. The fourth-order valence-corrected chi connectivity index (χ4v) is 3.38. The van der Waals surface area contributed by atoms with Gasteiger partial charge in [-0.1, -0.05) is 42.2 Å². The van der Waals surface area contributed by atoms with Crippen LogP contribution in [0.2, 0.25) is 0 Å². The van der Waals surface area contributed by atoms with Gasteiger partial charge in [-0.15, -0.1) is 5.10 Å². The smallest absolute Gasteiger partial charge is 0.291 e. The van der Waals surface area contributed by atoms with Crippen molar-refractivity contribution in [1.29, 1.82) is 0 Å². The number of anilines is 1. The Bertz CT molecular complexity index is 1270. The lowest BCUT2D eigenvalue weighted by Crippen LogP contribution is -2.49. The molecule has 0 bridgehead atoms. The molecule has 2 heterocycles. The second kappa shape index (κ2) is 9.37. The molecule has 2 amide bonds. The summed E-state index contributed by atoms with van der Waals surface area (Å²) in [6, 6.07) is 13.9. The minimum absolute atomic E-state index is 0.0303. The maximum atomic E-state index is 13.0. The number of carbonyl (C=O) groups excluding carboxylic acids is 2. The summed E-state index contributed by atoms with van der Waals surface area (Å²) in [5.41, 5.74) is 1.09. The summed E-state index contributed by atoms with van der Waals surface area (Å²) in [6.07, 6.45) is 1.48. The number of amides is 2. The molecule has 0 spiro atoms. The topological polar surface area (TPSA) is 110 Å². The number of fused-ring (bicyclic) bond motifs is 1. The number of ether oxygens (including phenoxy) is 1. The molecule has 1 unspecified atom stereocenters. The van der Waals surface area contributed by atoms with Gasteiger partial charge in [-0.2, -0.15) is 0 Å². The fraction of sp³-hybridized carbons (Fsp3) is 0.280. The normalized spacial score (nSPS) is 15.5. The molecule has 34 heavy (non-hydrogen) atoms. The highest BCUT2D eigenvalue weighted by molar-refractivity contribution is 6.02. The van der Waals surface area contributed by atoms with E-state index in [0.29, 0.717) is 23.5 Å². The molecule has 1 aromatic heterocycles. The Morgan fingerprint density at radius 1 is 1.26 bits per heavy atom. The van der Waals surface area contributed by atoms with Gasteiger partial charge in [0.15, 0.2) is 0 Å². The summed E-state index contributed by atoms with van der Waals surface area (Å²) in [6.45, 7) is 3.61. The van der Waals surface area contributed by atoms with E-state index in [1.54, 1.807) is 43.8 Å². The molecule has 4 rings (SSSR count). The van der Waals surface area contributed by atoms with Gasteiger partial charge in [0.25, 0.3) is 11.8 Å². The summed E-state index contributed by atoms with van der Waals surface area (Å²) in [4.78, 5) is 31.2. The highest BCUT2D eigenvalue weighted by Gasteiger charge is 2.31. The van der Waals surface area contributed by atoms with E-state index in [1.165, 1.54) is 11.2 Å². The van der Waals surface area contributed by atoms with Crippen LogP contribution in [0.4, 0.5) is 5.69 Å². The van der Waals surface area contributed by atoms with Crippen LogP contribution in [0.25, 0.3) is 0 Å². The Balaban J connectivity index is 1.45. The average molecular weight is 460 g/mol. The number of nitrogens with zero attached hydrogens (tertiary/aromatic N) is 4. The standard InChI is InChI=1S/C25H25N5O4/c1-25(2,33)12-11-17-9-10-20-21(13-17)34-15-19(24(32)29(20)3)27-23(31)22-26-16-30(28-22)14-18-7-5-4-6-8-18/h4-10,13,16,19,33H,14-15H2,1-3H3,(H,27,31). The van der Waals surface area contributed by atoms with Crippen LogP contribution >= 0.6 is 0 Å². The quantitative estimate of drug-likeness (QED) is 0.574. The lowest BCUT2D eigenvalue weighted by atomic mass is 10.1. The van der Waals surface area contributed by atoms with Crippen molar-refractivity contribution in [2.75, 3.05) is 18.6 Å². The highest BCUT2D eigenvalue weighted by atomic mass is 16.5. The Hall–Kier alpha value is -4.16. The number of carbonyl (C=O) groups is 2. The van der Waals surface area contributed by atoms with Gasteiger partial charge < -0.3 is 20.1 Å². The first-order valence-electron chi connectivity index (χ1n) is 10.7. The van der Waals surface area contributed by atoms with Gasteiger partial charge >= 0.3 is 0 Å². The summed E-state index contributed by atoms with van der Waals surface area (Å²) in [7, 11) is 1.62. The van der Waals surface area contributed by atoms with E-state index in [4.69, 9.17) is 4.74 Å². The second-order valence-corrected chi connectivity index (χ2v) is 8.48. The third kappa shape index (κ3) is 5.42. The van der Waals surface area contributed by atoms with Crippen molar-refractivity contribution in [2.45, 2.75) is 32.0 Å². The molecule has 9 heteroatoms. The lowest BCUT2D eigenvalue weighted by molar-refractivity contribution is -0.120. The predicted octanol–water partition coefficient (Wildman–Crippen LogP) is 1.60. The van der Waals surface area contributed by atoms with Gasteiger partial charge in [0.05, 0.1) is 12.2 Å². The van der Waals surface area contributed by atoms with Crippen molar-refractivity contribution in [3.8, 4) is 17.6 Å². The molecule has 0 saturated carbocycles. The lowest BCUT2D eigenvalue weighted by Gasteiger charge is -2.20. The van der Waals surface area contributed by atoms with Crippen LogP contribution < -0.4 is 15.0 Å². The summed E-state index contributed by atoms with van der Waals surface area (Å²) >= 11 is 0. The molecule has 1 aliphatic heterocycles. The first-order valence-corrected chi connectivity index (χ1v) is 10.7. The minimum Gasteiger partial charge on any atom is -0.489 e. The first-order chi connectivity index (χ1) is 16.2. The highest BCUT2D eigenvalue weighted by Crippen LogP contribution is 2.31. The van der Waals surface area contributed by atoms with E-state index < -0.39 is 17.6 Å². The van der Waals surface area contributed by atoms with Gasteiger partial charge in [-0.3, -0.25) is 9.59 Å². The molecule has 1 aliphatic rings. The summed E-state index contributed by atoms with van der Waals surface area (Å²) < 4.78 is 7.41. The Morgan fingerprint density at radius 2 is 2.03 bits per heavy atom. The number of hydrogen-bond donors (Lipinski definition) is 2. The van der Waals surface area contributed by atoms with Crippen molar-refractivity contribution in [1.82, 2.24) is 20.1 Å². The number of rotatable bonds is 4. The minimum atomic E-state index is -1.13. The zero-order valence-corrected chi connectivity index (χ0v) is 19.1. The third-order valence-electron chi connectivity index (χ3n) is 5.10. The summed E-state index contributed by atoms with van der Waals surface area (Å²) in [5, 5.41) is 16.7. The zero-order valence-electron chi connectivity index (χ0n) is 19.1. The molecular formula is C25H25N5O4. The van der Waals surface area contributed by atoms with Crippen LogP contribution in [0, 0.1) is 11.8 Å². The van der Waals surface area contributed by atoms with E-state index >= 15 is 0 Å². The Labute approximate surface area is 197 Å². The van der Waals surface area contributed by atoms with Crippen molar-refractivity contribution >= 4 is 17.5 Å². The SMILES string of the molecule is CN1C(=O)C(NC(=O)c2ncn(Cc3ccccc3)n2)COc2cc(C#CC(C)(C)O)ccc21. The molecule has 0 saturated heterocycles. The van der Waals surface area contributed by atoms with E-state index in [0.717, 1.165) is 5.56 Å². The Kier molecular flexibility index (Phi) is 6.34. The number of nitrogens with one attached hydrogen (secondary N) is 1. The van der Waals surface area contributed by atoms with Crippen molar-refractivity contribution in [3.05, 3.63) is 71.8 Å². The van der Waals surface area contributed by atoms with E-state index in [-0.39, 0.29) is 18.3 Å². The van der Waals surface area contributed by atoms with Crippen molar-refractivity contribution in [2.24, 2.45) is 0 Å². The number of likely N-dealkylation sites (N-methyl/N-ethyl adjacent to an activating group) is 1. The van der Waals surface area contributed by atoms with Crippen LogP contribution in [0.5, 0.6) is 5.75 Å². The molecule has 0 aliphatic carbocycles. The molecule has 2 aromatic carbocycles. The maximum absolute atomic E-state index is 13.0. The molecular weight excluding hydrogens is 434 g/mol. The molecule has 3 aromatic rings. The number of aromatic nitrogens is 3. The van der Waals surface area contributed by atoms with Crippen LogP contribution in [-0.4, -0.2) is 57.0 Å². The van der Waals surface area contributed by atoms with Crippen molar-refractivity contribution in [3.63, 3.8) is 0 Å². The van der Waals surface area contributed by atoms with Crippen LogP contribution in [0.1, 0.15) is 35.6 Å². The van der Waals surface area contributed by atoms with E-state index in [1.807, 2.05) is 30.3 Å².